The third-order valence-electron chi connectivity index (χ3n) is 3.45. The first kappa shape index (κ1) is 13.7. The van der Waals surface area contributed by atoms with Crippen molar-refractivity contribution in [2.75, 3.05) is 0 Å². The molecule has 0 N–H and O–H groups in total. The van der Waals surface area contributed by atoms with E-state index in [1.807, 2.05) is 48.7 Å². The van der Waals surface area contributed by atoms with Gasteiger partial charge in [0.2, 0.25) is 0 Å². The molecule has 0 bridgehead atoms. The monoisotopic (exact) mass is 295 g/mol. The zero-order valence-corrected chi connectivity index (χ0v) is 12.6. The second-order valence-corrected chi connectivity index (χ2v) is 5.70. The minimum atomic E-state index is -0.246. The summed E-state index contributed by atoms with van der Waals surface area (Å²) in [6.45, 7) is 3.94. The van der Waals surface area contributed by atoms with Gasteiger partial charge in [0.15, 0.2) is 0 Å². The van der Waals surface area contributed by atoms with Crippen molar-refractivity contribution in [2.24, 2.45) is 0 Å². The normalized spacial score (nSPS) is 12.3. The van der Waals surface area contributed by atoms with Crippen molar-refractivity contribution in [1.29, 1.82) is 5.26 Å². The number of para-hydroxylation sites is 1. The van der Waals surface area contributed by atoms with Gasteiger partial charge in [-0.1, -0.05) is 18.2 Å². The van der Waals surface area contributed by atoms with Crippen LogP contribution < -0.4 is 0 Å². The standard InChI is InChI=1S/C17H14ClN3/c1-11-5-3-7-14(9-11)21-15-8-4-6-13(10-19)16(15)20-17(21)12(2)18/h3-9,12H,1-2H3. The molecule has 0 amide bonds. The van der Waals surface area contributed by atoms with Gasteiger partial charge in [0.25, 0.3) is 0 Å². The quantitative estimate of drug-likeness (QED) is 0.653. The lowest BCUT2D eigenvalue weighted by Gasteiger charge is -2.11. The summed E-state index contributed by atoms with van der Waals surface area (Å²) in [5.41, 5.74) is 4.35. The van der Waals surface area contributed by atoms with Gasteiger partial charge in [-0.05, 0) is 43.7 Å². The average Bonchev–Trinajstić information content (AvgIpc) is 2.86. The average molecular weight is 296 g/mol. The maximum Gasteiger partial charge on any atom is 0.132 e. The molecule has 3 rings (SSSR count). The van der Waals surface area contributed by atoms with Crippen LogP contribution in [-0.4, -0.2) is 9.55 Å². The first-order chi connectivity index (χ1) is 10.1. The number of hydrogen-bond acceptors (Lipinski definition) is 2. The Morgan fingerprint density at radius 2 is 2.00 bits per heavy atom. The fourth-order valence-corrected chi connectivity index (χ4v) is 2.66. The molecule has 3 nitrogen and oxygen atoms in total. The molecule has 0 fully saturated rings. The number of imidazole rings is 1. The minimum absolute atomic E-state index is 0.246. The third-order valence-corrected chi connectivity index (χ3v) is 3.64. The van der Waals surface area contributed by atoms with E-state index in [4.69, 9.17) is 11.6 Å². The van der Waals surface area contributed by atoms with Gasteiger partial charge in [-0.15, -0.1) is 11.6 Å². The molecule has 4 heteroatoms. The van der Waals surface area contributed by atoms with Gasteiger partial charge in [0, 0.05) is 5.69 Å². The summed E-state index contributed by atoms with van der Waals surface area (Å²) in [5, 5.41) is 9.01. The molecule has 0 radical (unpaired) electrons. The van der Waals surface area contributed by atoms with E-state index in [1.54, 1.807) is 6.07 Å². The molecular weight excluding hydrogens is 282 g/mol. The van der Waals surface area contributed by atoms with E-state index in [9.17, 15) is 5.26 Å². The number of fused-ring (bicyclic) bond motifs is 1. The summed E-state index contributed by atoms with van der Waals surface area (Å²) in [6, 6.07) is 16.0. The second kappa shape index (κ2) is 5.23. The van der Waals surface area contributed by atoms with Crippen LogP contribution in [0.25, 0.3) is 16.7 Å². The lowest BCUT2D eigenvalue weighted by atomic mass is 10.2. The SMILES string of the molecule is Cc1cccc(-n2c(C(C)Cl)nc3c(C#N)cccc32)c1. The van der Waals surface area contributed by atoms with E-state index in [-0.39, 0.29) is 5.38 Å². The Morgan fingerprint density at radius 3 is 2.67 bits per heavy atom. The number of aryl methyl sites for hydroxylation is 1. The molecule has 21 heavy (non-hydrogen) atoms. The van der Waals surface area contributed by atoms with Crippen LogP contribution in [-0.2, 0) is 0 Å². The van der Waals surface area contributed by atoms with Crippen molar-refractivity contribution in [2.45, 2.75) is 19.2 Å². The zero-order valence-electron chi connectivity index (χ0n) is 11.8. The fourth-order valence-electron chi connectivity index (χ4n) is 2.51. The van der Waals surface area contributed by atoms with Crippen LogP contribution in [0.5, 0.6) is 0 Å². The van der Waals surface area contributed by atoms with Crippen LogP contribution in [0.3, 0.4) is 0 Å². The molecule has 1 atom stereocenters. The van der Waals surface area contributed by atoms with Crippen molar-refractivity contribution < 1.29 is 0 Å². The van der Waals surface area contributed by atoms with Crippen LogP contribution in [0.4, 0.5) is 0 Å². The van der Waals surface area contributed by atoms with E-state index < -0.39 is 0 Å². The molecule has 3 aromatic rings. The molecule has 2 aromatic carbocycles. The van der Waals surface area contributed by atoms with Gasteiger partial charge in [-0.25, -0.2) is 4.98 Å². The van der Waals surface area contributed by atoms with Gasteiger partial charge in [0.1, 0.15) is 17.4 Å². The Bertz CT molecular complexity index is 856. The lowest BCUT2D eigenvalue weighted by Crippen LogP contribution is -2.02. The summed E-state index contributed by atoms with van der Waals surface area (Å²) in [4.78, 5) is 4.60. The Balaban J connectivity index is 2.40. The van der Waals surface area contributed by atoms with Crippen LogP contribution in [0.15, 0.2) is 42.5 Å². The summed E-state index contributed by atoms with van der Waals surface area (Å²) < 4.78 is 2.03. The van der Waals surface area contributed by atoms with Crippen molar-refractivity contribution in [1.82, 2.24) is 9.55 Å². The Morgan fingerprint density at radius 1 is 1.24 bits per heavy atom. The van der Waals surface area contributed by atoms with Crippen LogP contribution >= 0.6 is 11.6 Å². The number of nitrogens with zero attached hydrogens (tertiary/aromatic N) is 3. The second-order valence-electron chi connectivity index (χ2n) is 5.05. The number of halogens is 1. The highest BCUT2D eigenvalue weighted by Crippen LogP contribution is 2.29. The van der Waals surface area contributed by atoms with Crippen molar-refractivity contribution in [3.8, 4) is 11.8 Å². The first-order valence-corrected chi connectivity index (χ1v) is 7.18. The maximum absolute atomic E-state index is 9.26. The Hall–Kier alpha value is -2.31. The van der Waals surface area contributed by atoms with Crippen LogP contribution in [0.1, 0.15) is 29.3 Å². The van der Waals surface area contributed by atoms with Gasteiger partial charge >= 0.3 is 0 Å². The smallest absolute Gasteiger partial charge is 0.132 e. The molecular formula is C17H14ClN3. The summed E-state index contributed by atoms with van der Waals surface area (Å²) in [7, 11) is 0. The molecule has 1 heterocycles. The van der Waals surface area contributed by atoms with E-state index >= 15 is 0 Å². The highest BCUT2D eigenvalue weighted by Gasteiger charge is 2.18. The van der Waals surface area contributed by atoms with Crippen molar-refractivity contribution in [3.05, 3.63) is 59.4 Å². The molecule has 1 aromatic heterocycles. The molecule has 0 saturated carbocycles. The summed E-state index contributed by atoms with van der Waals surface area (Å²) >= 11 is 6.30. The molecule has 0 aliphatic rings. The number of nitriles is 1. The molecule has 1 unspecified atom stereocenters. The molecule has 0 aliphatic heterocycles. The third kappa shape index (κ3) is 2.28. The largest absolute Gasteiger partial charge is 0.295 e. The van der Waals surface area contributed by atoms with E-state index in [1.165, 1.54) is 5.56 Å². The van der Waals surface area contributed by atoms with Crippen LogP contribution in [0.2, 0.25) is 0 Å². The highest BCUT2D eigenvalue weighted by molar-refractivity contribution is 6.20. The van der Waals surface area contributed by atoms with Gasteiger partial charge in [0.05, 0.1) is 16.5 Å². The molecule has 0 saturated heterocycles. The number of alkyl halides is 1. The number of hydrogen-bond donors (Lipinski definition) is 0. The predicted molar refractivity (Wildman–Crippen MR) is 84.8 cm³/mol. The van der Waals surface area contributed by atoms with Gasteiger partial charge in [-0.2, -0.15) is 5.26 Å². The summed E-state index contributed by atoms with van der Waals surface area (Å²) in [5.74, 6) is 0.750. The van der Waals surface area contributed by atoms with Gasteiger partial charge in [-0.3, -0.25) is 4.57 Å². The van der Waals surface area contributed by atoms with Crippen molar-refractivity contribution in [3.63, 3.8) is 0 Å². The maximum atomic E-state index is 9.26. The number of benzene rings is 2. The van der Waals surface area contributed by atoms with E-state index in [0.717, 1.165) is 17.0 Å². The number of aromatic nitrogens is 2. The zero-order chi connectivity index (χ0) is 15.0. The molecule has 104 valence electrons. The lowest BCUT2D eigenvalue weighted by molar-refractivity contribution is 0.882. The predicted octanol–water partition coefficient (Wildman–Crippen LogP) is 4.51. The van der Waals surface area contributed by atoms with Crippen molar-refractivity contribution >= 4 is 22.6 Å². The summed E-state index contributed by atoms with van der Waals surface area (Å²) in [6.07, 6.45) is 0. The fraction of sp³-hybridized carbons (Fsp3) is 0.176. The minimum Gasteiger partial charge on any atom is -0.295 e. The first-order valence-electron chi connectivity index (χ1n) is 6.74. The topological polar surface area (TPSA) is 41.6 Å². The Kier molecular flexibility index (Phi) is 3.40. The molecule has 0 aliphatic carbocycles. The van der Waals surface area contributed by atoms with E-state index in [2.05, 4.69) is 17.1 Å². The van der Waals surface area contributed by atoms with Crippen LogP contribution in [0, 0.1) is 18.3 Å². The Labute approximate surface area is 128 Å². The highest BCUT2D eigenvalue weighted by atomic mass is 35.5. The molecule has 0 spiro atoms. The number of rotatable bonds is 2. The van der Waals surface area contributed by atoms with Gasteiger partial charge < -0.3 is 0 Å². The van der Waals surface area contributed by atoms with E-state index in [0.29, 0.717) is 11.1 Å².